The molecule has 1 atom stereocenters. The van der Waals surface area contributed by atoms with E-state index in [0.717, 1.165) is 19.4 Å². The highest BCUT2D eigenvalue weighted by atomic mass is 15.2. The van der Waals surface area contributed by atoms with Gasteiger partial charge in [-0.25, -0.2) is 0 Å². The Morgan fingerprint density at radius 1 is 1.47 bits per heavy atom. The second kappa shape index (κ2) is 5.31. The number of nitrogens with two attached hydrogens (primary N) is 1. The first-order valence-electron chi connectivity index (χ1n) is 5.77. The molecule has 0 aromatic carbocycles. The predicted octanol–water partition coefficient (Wildman–Crippen LogP) is 2.12. The molecule has 0 aliphatic rings. The zero-order valence-electron chi connectivity index (χ0n) is 10.2. The smallest absolute Gasteiger partial charge is 0.0521 e. The molecule has 1 rings (SSSR count). The van der Waals surface area contributed by atoms with Crippen LogP contribution in [0.3, 0.4) is 0 Å². The van der Waals surface area contributed by atoms with Gasteiger partial charge >= 0.3 is 0 Å². The third-order valence-electron chi connectivity index (χ3n) is 3.12. The number of aromatic nitrogens is 2. The molecule has 0 aliphatic heterocycles. The Balaban J connectivity index is 2.47. The van der Waals surface area contributed by atoms with Crippen LogP contribution < -0.4 is 5.73 Å². The van der Waals surface area contributed by atoms with Crippen LogP contribution in [0, 0.1) is 5.41 Å². The maximum atomic E-state index is 5.84. The van der Waals surface area contributed by atoms with E-state index in [0.29, 0.717) is 5.41 Å². The standard InChI is InChI=1S/C12H23N3/c1-4-6-12(2,10-13)7-5-11-8-14-15(3)9-11/h8-9H,4-7,10,13H2,1-3H3. The van der Waals surface area contributed by atoms with Gasteiger partial charge in [0.25, 0.3) is 0 Å². The normalized spacial score (nSPS) is 15.2. The lowest BCUT2D eigenvalue weighted by molar-refractivity contribution is 0.280. The van der Waals surface area contributed by atoms with E-state index in [1.807, 2.05) is 17.9 Å². The van der Waals surface area contributed by atoms with Gasteiger partial charge in [0, 0.05) is 13.2 Å². The highest BCUT2D eigenvalue weighted by Crippen LogP contribution is 2.27. The first-order chi connectivity index (χ1) is 7.09. The van der Waals surface area contributed by atoms with Crippen LogP contribution in [0.4, 0.5) is 0 Å². The molecule has 3 nitrogen and oxygen atoms in total. The molecule has 1 aromatic heterocycles. The van der Waals surface area contributed by atoms with E-state index in [-0.39, 0.29) is 0 Å². The summed E-state index contributed by atoms with van der Waals surface area (Å²) in [7, 11) is 1.96. The minimum atomic E-state index is 0.296. The molecule has 3 heteroatoms. The summed E-state index contributed by atoms with van der Waals surface area (Å²) >= 11 is 0. The summed E-state index contributed by atoms with van der Waals surface area (Å²) < 4.78 is 1.86. The molecule has 86 valence electrons. The van der Waals surface area contributed by atoms with Crippen molar-refractivity contribution in [2.45, 2.75) is 39.5 Å². The first-order valence-corrected chi connectivity index (χ1v) is 5.77. The number of aryl methyl sites for hydroxylation is 2. The summed E-state index contributed by atoms with van der Waals surface area (Å²) in [5.41, 5.74) is 7.45. The second-order valence-corrected chi connectivity index (χ2v) is 4.79. The summed E-state index contributed by atoms with van der Waals surface area (Å²) in [4.78, 5) is 0. The van der Waals surface area contributed by atoms with Gasteiger partial charge in [0.2, 0.25) is 0 Å². The van der Waals surface area contributed by atoms with Gasteiger partial charge in [-0.3, -0.25) is 4.68 Å². The quantitative estimate of drug-likeness (QED) is 0.780. The van der Waals surface area contributed by atoms with Crippen molar-refractivity contribution in [1.29, 1.82) is 0 Å². The molecule has 1 aromatic rings. The molecule has 0 fully saturated rings. The van der Waals surface area contributed by atoms with Crippen LogP contribution in [0.25, 0.3) is 0 Å². The average Bonchev–Trinajstić information content (AvgIpc) is 2.62. The van der Waals surface area contributed by atoms with Crippen molar-refractivity contribution in [3.8, 4) is 0 Å². The molecule has 15 heavy (non-hydrogen) atoms. The van der Waals surface area contributed by atoms with E-state index >= 15 is 0 Å². The Hall–Kier alpha value is -0.830. The molecule has 0 bridgehead atoms. The Morgan fingerprint density at radius 3 is 2.67 bits per heavy atom. The van der Waals surface area contributed by atoms with Crippen molar-refractivity contribution in [2.75, 3.05) is 6.54 Å². The lowest BCUT2D eigenvalue weighted by Crippen LogP contribution is -2.27. The van der Waals surface area contributed by atoms with Crippen molar-refractivity contribution < 1.29 is 0 Å². The first kappa shape index (κ1) is 12.2. The predicted molar refractivity (Wildman–Crippen MR) is 63.6 cm³/mol. The van der Waals surface area contributed by atoms with Gasteiger partial charge in [-0.05, 0) is 36.8 Å². The Labute approximate surface area is 92.7 Å². The molecule has 0 saturated heterocycles. The molecular formula is C12H23N3. The molecule has 2 N–H and O–H groups in total. The molecule has 1 heterocycles. The van der Waals surface area contributed by atoms with Crippen LogP contribution in [0.1, 0.15) is 38.7 Å². The molecular weight excluding hydrogens is 186 g/mol. The lowest BCUT2D eigenvalue weighted by Gasteiger charge is -2.27. The van der Waals surface area contributed by atoms with Crippen molar-refractivity contribution in [3.05, 3.63) is 18.0 Å². The van der Waals surface area contributed by atoms with E-state index in [1.54, 1.807) is 0 Å². The molecule has 1 unspecified atom stereocenters. The van der Waals surface area contributed by atoms with Crippen LogP contribution >= 0.6 is 0 Å². The van der Waals surface area contributed by atoms with Gasteiger partial charge in [0.1, 0.15) is 0 Å². The number of hydrogen-bond donors (Lipinski definition) is 1. The topological polar surface area (TPSA) is 43.8 Å². The van der Waals surface area contributed by atoms with E-state index in [4.69, 9.17) is 5.73 Å². The lowest BCUT2D eigenvalue weighted by atomic mass is 9.80. The fourth-order valence-electron chi connectivity index (χ4n) is 1.98. The Bertz CT molecular complexity index is 293. The van der Waals surface area contributed by atoms with E-state index < -0.39 is 0 Å². The SMILES string of the molecule is CCCC(C)(CN)CCc1cnn(C)c1. The van der Waals surface area contributed by atoms with E-state index in [1.165, 1.54) is 18.4 Å². The summed E-state index contributed by atoms with van der Waals surface area (Å²) in [6.07, 6.45) is 8.70. The third kappa shape index (κ3) is 3.67. The minimum absolute atomic E-state index is 0.296. The molecule has 0 spiro atoms. The molecule has 0 saturated carbocycles. The van der Waals surface area contributed by atoms with Gasteiger partial charge in [-0.1, -0.05) is 20.3 Å². The summed E-state index contributed by atoms with van der Waals surface area (Å²) in [5.74, 6) is 0. The zero-order chi connectivity index (χ0) is 11.3. The number of nitrogens with zero attached hydrogens (tertiary/aromatic N) is 2. The number of rotatable bonds is 6. The molecule has 0 aliphatic carbocycles. The van der Waals surface area contributed by atoms with Gasteiger partial charge in [-0.15, -0.1) is 0 Å². The van der Waals surface area contributed by atoms with Crippen molar-refractivity contribution in [1.82, 2.24) is 9.78 Å². The monoisotopic (exact) mass is 209 g/mol. The largest absolute Gasteiger partial charge is 0.330 e. The summed E-state index contributed by atoms with van der Waals surface area (Å²) in [5, 5.41) is 4.17. The van der Waals surface area contributed by atoms with Crippen molar-refractivity contribution >= 4 is 0 Å². The van der Waals surface area contributed by atoms with E-state index in [9.17, 15) is 0 Å². The maximum Gasteiger partial charge on any atom is 0.0521 e. The van der Waals surface area contributed by atoms with Crippen LogP contribution in [-0.4, -0.2) is 16.3 Å². The molecule has 0 radical (unpaired) electrons. The van der Waals surface area contributed by atoms with Crippen LogP contribution in [0.15, 0.2) is 12.4 Å². The van der Waals surface area contributed by atoms with Gasteiger partial charge in [0.05, 0.1) is 6.20 Å². The maximum absolute atomic E-state index is 5.84. The third-order valence-corrected chi connectivity index (χ3v) is 3.12. The van der Waals surface area contributed by atoms with Crippen molar-refractivity contribution in [3.63, 3.8) is 0 Å². The Kier molecular flexibility index (Phi) is 4.33. The van der Waals surface area contributed by atoms with Crippen LogP contribution in [0.5, 0.6) is 0 Å². The fourth-order valence-corrected chi connectivity index (χ4v) is 1.98. The minimum Gasteiger partial charge on any atom is -0.330 e. The van der Waals surface area contributed by atoms with Gasteiger partial charge < -0.3 is 5.73 Å². The van der Waals surface area contributed by atoms with Crippen molar-refractivity contribution in [2.24, 2.45) is 18.2 Å². The second-order valence-electron chi connectivity index (χ2n) is 4.79. The van der Waals surface area contributed by atoms with Gasteiger partial charge in [0.15, 0.2) is 0 Å². The highest BCUT2D eigenvalue weighted by molar-refractivity contribution is 5.04. The van der Waals surface area contributed by atoms with Crippen LogP contribution in [-0.2, 0) is 13.5 Å². The highest BCUT2D eigenvalue weighted by Gasteiger charge is 2.21. The number of hydrogen-bond acceptors (Lipinski definition) is 2. The Morgan fingerprint density at radius 2 is 2.20 bits per heavy atom. The zero-order valence-corrected chi connectivity index (χ0v) is 10.2. The summed E-state index contributed by atoms with van der Waals surface area (Å²) in [6, 6.07) is 0. The van der Waals surface area contributed by atoms with Gasteiger partial charge in [-0.2, -0.15) is 5.10 Å². The van der Waals surface area contributed by atoms with E-state index in [2.05, 4.69) is 25.1 Å². The molecule has 0 amide bonds. The summed E-state index contributed by atoms with van der Waals surface area (Å²) in [6.45, 7) is 5.28. The fraction of sp³-hybridized carbons (Fsp3) is 0.750. The average molecular weight is 209 g/mol. The van der Waals surface area contributed by atoms with Crippen LogP contribution in [0.2, 0.25) is 0 Å².